The second kappa shape index (κ2) is 31.2. The zero-order chi connectivity index (χ0) is 56.1. The van der Waals surface area contributed by atoms with E-state index < -0.39 is 84.0 Å². The molecule has 20 heteroatoms. The maximum Gasteiger partial charge on any atom is 0.303 e. The summed E-state index contributed by atoms with van der Waals surface area (Å²) >= 11 is 0. The predicted molar refractivity (Wildman–Crippen MR) is 284 cm³/mol. The van der Waals surface area contributed by atoms with E-state index in [-0.39, 0.29) is 74.2 Å². The number of nitrogens with one attached hydrogen (secondary N) is 5. The lowest BCUT2D eigenvalue weighted by Crippen LogP contribution is -2.59. The van der Waals surface area contributed by atoms with Crippen molar-refractivity contribution < 1.29 is 57.8 Å². The zero-order valence-corrected chi connectivity index (χ0v) is 46.5. The van der Waals surface area contributed by atoms with Crippen LogP contribution in [0.15, 0.2) is 54.6 Å². The molecule has 2 aromatic carbocycles. The molecule has 0 unspecified atom stereocenters. The number of aliphatic carboxylic acids is 1. The largest absolute Gasteiger partial charge is 0.481 e. The van der Waals surface area contributed by atoms with Crippen LogP contribution in [-0.2, 0) is 65.7 Å². The third-order valence-electron chi connectivity index (χ3n) is 14.1. The van der Waals surface area contributed by atoms with Gasteiger partial charge in [0.25, 0.3) is 5.91 Å². The van der Waals surface area contributed by atoms with Crippen molar-refractivity contribution >= 4 is 53.0 Å². The molecule has 2 aromatic rings. The van der Waals surface area contributed by atoms with Gasteiger partial charge in [-0.3, -0.25) is 48.1 Å². The molecule has 1 aliphatic rings. The van der Waals surface area contributed by atoms with Crippen molar-refractivity contribution in [3.05, 3.63) is 65.7 Å². The van der Waals surface area contributed by atoms with E-state index >= 15 is 0 Å². The smallest absolute Gasteiger partial charge is 0.303 e. The highest BCUT2D eigenvalue weighted by Gasteiger charge is 2.43. The van der Waals surface area contributed by atoms with Crippen molar-refractivity contribution in [3.63, 3.8) is 0 Å². The Morgan fingerprint density at radius 2 is 1.41 bits per heavy atom. The van der Waals surface area contributed by atoms with Crippen LogP contribution in [0.3, 0.4) is 0 Å². The summed E-state index contributed by atoms with van der Waals surface area (Å²) in [5.74, 6) is -4.81. The van der Waals surface area contributed by atoms with Gasteiger partial charge in [0.05, 0.1) is 49.3 Å². The number of ether oxygens (including phenoxy) is 2. The van der Waals surface area contributed by atoms with Crippen LogP contribution < -0.4 is 26.7 Å². The van der Waals surface area contributed by atoms with Crippen LogP contribution in [-0.4, -0.2) is 157 Å². The normalized spacial score (nSPS) is 17.2. The lowest BCUT2D eigenvalue weighted by molar-refractivity contribution is -0.148. The SMILES string of the molecule is CC[C@H](C)[C@@H]([C@@H](CC(=O)N1CCC[C@H]1[C@H](OC)[C@@H](C)C(=O)N[C@@H](Cc1ccccc1)C(=O)NOCc1ccc(NC(=O)[C@@H](C)NC(=O)CCCC(=O)O)cc1)OC)N(C)C(=O)[C@@H](NC(=O)[C@H](C(C)C)N(C)C)C(C)C. The van der Waals surface area contributed by atoms with Crippen LogP contribution in [0, 0.1) is 23.7 Å². The second-order valence-electron chi connectivity index (χ2n) is 20.7. The molecule has 1 aliphatic heterocycles. The molecular formula is C55H86N8O12. The number of rotatable bonds is 31. The number of amides is 7. The fourth-order valence-corrected chi connectivity index (χ4v) is 9.75. The molecular weight excluding hydrogens is 965 g/mol. The molecule has 0 aliphatic carbocycles. The number of hydroxylamine groups is 1. The van der Waals surface area contributed by atoms with Gasteiger partial charge in [-0.1, -0.05) is 97.4 Å². The summed E-state index contributed by atoms with van der Waals surface area (Å²) in [6.07, 6.45) is 0.554. The van der Waals surface area contributed by atoms with E-state index in [2.05, 4.69) is 26.7 Å². The fraction of sp³-hybridized carbons (Fsp3) is 0.636. The number of carboxylic acid groups (broad SMARTS) is 1. The lowest BCUT2D eigenvalue weighted by Gasteiger charge is -2.41. The van der Waals surface area contributed by atoms with E-state index in [9.17, 15) is 38.4 Å². The van der Waals surface area contributed by atoms with Crippen molar-refractivity contribution in [2.45, 2.75) is 162 Å². The minimum atomic E-state index is -1.06. The van der Waals surface area contributed by atoms with E-state index in [0.717, 1.165) is 5.56 Å². The van der Waals surface area contributed by atoms with Crippen LogP contribution in [0.4, 0.5) is 5.69 Å². The Kier molecular flexibility index (Phi) is 26.3. The van der Waals surface area contributed by atoms with E-state index in [0.29, 0.717) is 37.1 Å². The summed E-state index contributed by atoms with van der Waals surface area (Å²) in [5.41, 5.74) is 4.36. The number of methoxy groups -OCH3 is 2. The van der Waals surface area contributed by atoms with Gasteiger partial charge >= 0.3 is 5.97 Å². The first-order valence-electron chi connectivity index (χ1n) is 26.2. The number of carboxylic acids is 1. The third-order valence-corrected chi connectivity index (χ3v) is 14.1. The number of benzene rings is 2. The standard InChI is InChI=1S/C55H86N8O12/c1-14-35(6)49(62(11)55(72)47(33(2)3)59-54(71)48(34(4)5)61(9)10)43(73-12)31-45(65)63-29-19-22-42(63)50(74-13)36(7)51(68)58-41(30-38-20-16-15-17-21-38)53(70)60-75-32-39-25-27-40(28-26-39)57-52(69)37(8)56-44(64)23-18-24-46(66)67/h15-17,20-21,25-28,33-37,41-43,47-50H,14,18-19,22-24,29-32H2,1-13H3,(H,56,64)(H,57,69)(H,58,68)(H,59,71)(H,60,70)(H,66,67)/t35-,36+,37+,41-,42-,43+,47-,48-,49-,50+/m0/s1. The minimum absolute atomic E-state index is 0.00788. The minimum Gasteiger partial charge on any atom is -0.481 e. The summed E-state index contributed by atoms with van der Waals surface area (Å²) < 4.78 is 12.1. The van der Waals surface area contributed by atoms with Crippen molar-refractivity contribution in [1.82, 2.24) is 36.1 Å². The van der Waals surface area contributed by atoms with Crippen LogP contribution in [0.2, 0.25) is 0 Å². The Morgan fingerprint density at radius 3 is 1.97 bits per heavy atom. The van der Waals surface area contributed by atoms with Crippen molar-refractivity contribution in [2.75, 3.05) is 47.2 Å². The highest BCUT2D eigenvalue weighted by Crippen LogP contribution is 2.30. The first kappa shape index (κ1) is 63.3. The van der Waals surface area contributed by atoms with E-state index in [4.69, 9.17) is 19.4 Å². The Balaban J connectivity index is 1.71. The number of nitrogens with zero attached hydrogens (tertiary/aromatic N) is 3. The zero-order valence-electron chi connectivity index (χ0n) is 46.5. The Bertz CT molecular complexity index is 2170. The Hall–Kier alpha value is -5.96. The summed E-state index contributed by atoms with van der Waals surface area (Å²) in [6, 6.07) is 11.6. The lowest BCUT2D eigenvalue weighted by atomic mass is 9.89. The monoisotopic (exact) mass is 1050 g/mol. The van der Waals surface area contributed by atoms with Gasteiger partial charge in [0.2, 0.25) is 35.4 Å². The van der Waals surface area contributed by atoms with Crippen LogP contribution in [0.25, 0.3) is 0 Å². The van der Waals surface area contributed by atoms with Crippen LogP contribution in [0.1, 0.15) is 111 Å². The van der Waals surface area contributed by atoms with Gasteiger partial charge in [0.1, 0.15) is 18.1 Å². The van der Waals surface area contributed by atoms with Crippen molar-refractivity contribution in [1.29, 1.82) is 0 Å². The van der Waals surface area contributed by atoms with E-state index in [1.807, 2.05) is 90.9 Å². The summed E-state index contributed by atoms with van der Waals surface area (Å²) in [7, 11) is 8.41. The van der Waals surface area contributed by atoms with Crippen molar-refractivity contribution in [3.8, 4) is 0 Å². The number of hydrogen-bond acceptors (Lipinski definition) is 12. The molecule has 1 fully saturated rings. The quantitative estimate of drug-likeness (QED) is 0.0577. The third kappa shape index (κ3) is 19.3. The highest BCUT2D eigenvalue weighted by atomic mass is 16.7. The molecule has 0 saturated carbocycles. The molecule has 0 radical (unpaired) electrons. The Morgan fingerprint density at radius 1 is 0.760 bits per heavy atom. The molecule has 3 rings (SSSR count). The molecule has 6 N–H and O–H groups in total. The fourth-order valence-electron chi connectivity index (χ4n) is 9.75. The van der Waals surface area contributed by atoms with Gasteiger partial charge in [-0.05, 0) is 81.3 Å². The number of anilines is 1. The van der Waals surface area contributed by atoms with Gasteiger partial charge in [0, 0.05) is 52.8 Å². The number of likely N-dealkylation sites (tertiary alicyclic amines) is 1. The summed E-state index contributed by atoms with van der Waals surface area (Å²) in [4.78, 5) is 117. The molecule has 75 heavy (non-hydrogen) atoms. The van der Waals surface area contributed by atoms with Gasteiger partial charge in [-0.25, -0.2) is 5.48 Å². The number of carbonyl (C=O) groups excluding carboxylic acids is 7. The molecule has 0 bridgehead atoms. The topological polar surface area (TPSA) is 254 Å². The van der Waals surface area contributed by atoms with Crippen LogP contribution >= 0.6 is 0 Å². The van der Waals surface area contributed by atoms with Gasteiger partial charge < -0.3 is 45.6 Å². The first-order valence-corrected chi connectivity index (χ1v) is 26.2. The van der Waals surface area contributed by atoms with Crippen molar-refractivity contribution in [2.24, 2.45) is 23.7 Å². The molecule has 418 valence electrons. The number of likely N-dealkylation sites (N-methyl/N-ethyl adjacent to an activating group) is 2. The van der Waals surface area contributed by atoms with Gasteiger partial charge in [-0.15, -0.1) is 0 Å². The van der Waals surface area contributed by atoms with Crippen LogP contribution in [0.5, 0.6) is 0 Å². The predicted octanol–water partition coefficient (Wildman–Crippen LogP) is 4.31. The molecule has 1 saturated heterocycles. The molecule has 0 aromatic heterocycles. The molecule has 20 nitrogen and oxygen atoms in total. The van der Waals surface area contributed by atoms with E-state index in [1.165, 1.54) is 21.1 Å². The average Bonchev–Trinajstić information content (AvgIpc) is 3.85. The maximum absolute atomic E-state index is 14.5. The summed E-state index contributed by atoms with van der Waals surface area (Å²) in [6.45, 7) is 15.3. The Labute approximate surface area is 444 Å². The molecule has 1 heterocycles. The van der Waals surface area contributed by atoms with Gasteiger partial charge in [-0.2, -0.15) is 0 Å². The molecule has 0 spiro atoms. The highest BCUT2D eigenvalue weighted by molar-refractivity contribution is 5.97. The molecule has 7 amide bonds. The second-order valence-corrected chi connectivity index (χ2v) is 20.7. The van der Waals surface area contributed by atoms with Gasteiger partial charge in [0.15, 0.2) is 0 Å². The first-order chi connectivity index (χ1) is 35.4. The average molecular weight is 1050 g/mol. The molecule has 10 atom stereocenters. The summed E-state index contributed by atoms with van der Waals surface area (Å²) in [5, 5.41) is 20.0. The number of hydrogen-bond donors (Lipinski definition) is 6. The number of carbonyl (C=O) groups is 8. The van der Waals surface area contributed by atoms with E-state index in [1.54, 1.807) is 48.0 Å². The maximum atomic E-state index is 14.5.